The number of amides is 1. The Kier molecular flexibility index (Phi) is 6.12. The minimum Gasteiger partial charge on any atom is -0.439 e. The van der Waals surface area contributed by atoms with E-state index in [2.05, 4.69) is 10.3 Å². The van der Waals surface area contributed by atoms with Crippen molar-refractivity contribution in [2.75, 3.05) is 5.32 Å². The summed E-state index contributed by atoms with van der Waals surface area (Å²) in [6.45, 7) is 4.45. The minimum atomic E-state index is -0.484. The lowest BCUT2D eigenvalue weighted by Crippen LogP contribution is -2.29. The summed E-state index contributed by atoms with van der Waals surface area (Å²) in [6, 6.07) is 22.0. The fourth-order valence-electron chi connectivity index (χ4n) is 3.23. The van der Waals surface area contributed by atoms with E-state index in [1.165, 1.54) is 22.4 Å². The highest BCUT2D eigenvalue weighted by Crippen LogP contribution is 2.23. The van der Waals surface area contributed by atoms with Crippen molar-refractivity contribution in [2.24, 2.45) is 0 Å². The zero-order valence-corrected chi connectivity index (χ0v) is 17.9. The van der Waals surface area contributed by atoms with Gasteiger partial charge in [0.2, 0.25) is 5.88 Å². The largest absolute Gasteiger partial charge is 0.439 e. The zero-order valence-electron chi connectivity index (χ0n) is 17.9. The maximum absolute atomic E-state index is 12.8. The van der Waals surface area contributed by atoms with Crippen LogP contribution >= 0.6 is 0 Å². The van der Waals surface area contributed by atoms with Gasteiger partial charge in [0.1, 0.15) is 11.3 Å². The molecule has 32 heavy (non-hydrogen) atoms. The van der Waals surface area contributed by atoms with Crippen molar-refractivity contribution in [1.29, 1.82) is 0 Å². The number of nitrogens with zero attached hydrogens (tertiary/aromatic N) is 2. The number of benzene rings is 2. The lowest BCUT2D eigenvalue weighted by atomic mass is 10.1. The van der Waals surface area contributed by atoms with E-state index in [1.54, 1.807) is 24.4 Å². The first-order valence-electron chi connectivity index (χ1n) is 10.3. The van der Waals surface area contributed by atoms with E-state index < -0.39 is 5.91 Å². The maximum Gasteiger partial charge on any atom is 0.263 e. The number of carbonyl (C=O) groups is 1. The van der Waals surface area contributed by atoms with Crippen LogP contribution < -0.4 is 15.6 Å². The summed E-state index contributed by atoms with van der Waals surface area (Å²) in [5.41, 5.74) is 3.49. The van der Waals surface area contributed by atoms with Gasteiger partial charge in [0.05, 0.1) is 18.4 Å². The highest BCUT2D eigenvalue weighted by Gasteiger charge is 2.13. The summed E-state index contributed by atoms with van der Waals surface area (Å²) in [7, 11) is 0. The summed E-state index contributed by atoms with van der Waals surface area (Å²) in [6.07, 6.45) is 3.17. The molecule has 4 rings (SSSR count). The van der Waals surface area contributed by atoms with Crippen LogP contribution in [0.1, 0.15) is 27.0 Å². The molecule has 2 aromatic carbocycles. The molecule has 0 unspecified atom stereocenters. The van der Waals surface area contributed by atoms with E-state index in [0.29, 0.717) is 23.9 Å². The molecule has 1 amide bonds. The number of nitrogens with one attached hydrogen (secondary N) is 1. The van der Waals surface area contributed by atoms with Crippen LogP contribution in [0.3, 0.4) is 0 Å². The van der Waals surface area contributed by atoms with E-state index >= 15 is 0 Å². The fraction of sp³-hybridized carbons (Fsp3) is 0.115. The first-order valence-corrected chi connectivity index (χ1v) is 10.3. The van der Waals surface area contributed by atoms with Crippen molar-refractivity contribution in [3.63, 3.8) is 0 Å². The number of hydrogen-bond donors (Lipinski definition) is 1. The second-order valence-corrected chi connectivity index (χ2v) is 7.53. The highest BCUT2D eigenvalue weighted by molar-refractivity contribution is 6.03. The maximum atomic E-state index is 12.8. The molecule has 0 saturated carbocycles. The van der Waals surface area contributed by atoms with Crippen molar-refractivity contribution < 1.29 is 9.53 Å². The standard InChI is InChI=1S/C26H23N3O3/c1-18-10-12-22(15-19(18)2)32-24-13-11-21(16-27-24)28-25(30)23-9-6-14-29(26(23)31)17-20-7-4-3-5-8-20/h3-16H,17H2,1-2H3,(H,28,30). The minimum absolute atomic E-state index is 0.0684. The van der Waals surface area contributed by atoms with Gasteiger partial charge in [-0.2, -0.15) is 0 Å². The third kappa shape index (κ3) is 4.92. The molecule has 2 aromatic heterocycles. The molecule has 0 aliphatic carbocycles. The molecule has 0 aliphatic heterocycles. The number of anilines is 1. The van der Waals surface area contributed by atoms with Crippen LogP contribution in [0, 0.1) is 13.8 Å². The van der Waals surface area contributed by atoms with Crippen LogP contribution in [0.25, 0.3) is 0 Å². The van der Waals surface area contributed by atoms with Crippen molar-refractivity contribution in [3.8, 4) is 11.6 Å². The number of carbonyl (C=O) groups excluding carboxylic acids is 1. The molecule has 0 aliphatic rings. The molecule has 0 saturated heterocycles. The highest BCUT2D eigenvalue weighted by atomic mass is 16.5. The normalized spacial score (nSPS) is 10.6. The Morgan fingerprint density at radius 1 is 0.969 bits per heavy atom. The molecule has 1 N–H and O–H groups in total. The Labute approximate surface area is 186 Å². The van der Waals surface area contributed by atoms with E-state index in [1.807, 2.05) is 62.4 Å². The van der Waals surface area contributed by atoms with Gasteiger partial charge in [0.25, 0.3) is 11.5 Å². The molecule has 0 spiro atoms. The third-order valence-corrected chi connectivity index (χ3v) is 5.16. The monoisotopic (exact) mass is 425 g/mol. The molecule has 160 valence electrons. The predicted octanol–water partition coefficient (Wildman–Crippen LogP) is 4.95. The molecular weight excluding hydrogens is 402 g/mol. The number of ether oxygens (including phenoxy) is 1. The van der Waals surface area contributed by atoms with Gasteiger partial charge in [-0.05, 0) is 60.9 Å². The SMILES string of the molecule is Cc1ccc(Oc2ccc(NC(=O)c3cccn(Cc4ccccc4)c3=O)cn2)cc1C. The number of aromatic nitrogens is 2. The molecular formula is C26H23N3O3. The Bertz CT molecular complexity index is 1300. The predicted molar refractivity (Wildman–Crippen MR) is 124 cm³/mol. The van der Waals surface area contributed by atoms with Gasteiger partial charge >= 0.3 is 0 Å². The van der Waals surface area contributed by atoms with Gasteiger partial charge in [-0.3, -0.25) is 9.59 Å². The number of pyridine rings is 2. The summed E-state index contributed by atoms with van der Waals surface area (Å²) < 4.78 is 7.29. The zero-order chi connectivity index (χ0) is 22.5. The average molecular weight is 425 g/mol. The molecule has 6 heteroatoms. The molecule has 0 radical (unpaired) electrons. The molecule has 0 fully saturated rings. The fourth-order valence-corrected chi connectivity index (χ4v) is 3.23. The van der Waals surface area contributed by atoms with E-state index in [0.717, 1.165) is 11.1 Å². The summed E-state index contributed by atoms with van der Waals surface area (Å²) >= 11 is 0. The van der Waals surface area contributed by atoms with E-state index in [9.17, 15) is 9.59 Å². The first kappa shape index (κ1) is 21.1. The Hall–Kier alpha value is -4.19. The molecule has 0 atom stereocenters. The lowest BCUT2D eigenvalue weighted by Gasteiger charge is -2.10. The Balaban J connectivity index is 1.45. The average Bonchev–Trinajstić information content (AvgIpc) is 2.80. The van der Waals surface area contributed by atoms with Crippen LogP contribution in [-0.4, -0.2) is 15.5 Å². The first-order chi connectivity index (χ1) is 15.5. The van der Waals surface area contributed by atoms with Crippen LogP contribution in [0.2, 0.25) is 0 Å². The second kappa shape index (κ2) is 9.31. The lowest BCUT2D eigenvalue weighted by molar-refractivity contribution is 0.102. The van der Waals surface area contributed by atoms with Gasteiger partial charge in [0.15, 0.2) is 0 Å². The summed E-state index contributed by atoms with van der Waals surface area (Å²) in [5.74, 6) is 0.624. The quantitative estimate of drug-likeness (QED) is 0.474. The summed E-state index contributed by atoms with van der Waals surface area (Å²) in [4.78, 5) is 29.7. The molecule has 0 bridgehead atoms. The number of rotatable bonds is 6. The molecule has 2 heterocycles. The van der Waals surface area contributed by atoms with E-state index in [4.69, 9.17) is 4.74 Å². The van der Waals surface area contributed by atoms with E-state index in [-0.39, 0.29) is 11.1 Å². The van der Waals surface area contributed by atoms with Crippen LogP contribution in [0.4, 0.5) is 5.69 Å². The third-order valence-electron chi connectivity index (χ3n) is 5.16. The summed E-state index contributed by atoms with van der Waals surface area (Å²) in [5, 5.41) is 2.73. The number of aryl methyl sites for hydroxylation is 2. The van der Waals surface area contributed by atoms with Crippen LogP contribution in [0.15, 0.2) is 90.0 Å². The van der Waals surface area contributed by atoms with Crippen LogP contribution in [0.5, 0.6) is 11.6 Å². The number of hydrogen-bond acceptors (Lipinski definition) is 4. The van der Waals surface area contributed by atoms with Gasteiger partial charge in [-0.15, -0.1) is 0 Å². The van der Waals surface area contributed by atoms with Gasteiger partial charge in [-0.1, -0.05) is 36.4 Å². The smallest absolute Gasteiger partial charge is 0.263 e. The van der Waals surface area contributed by atoms with Gasteiger partial charge in [-0.25, -0.2) is 4.98 Å². The Morgan fingerprint density at radius 2 is 1.78 bits per heavy atom. The molecule has 6 nitrogen and oxygen atoms in total. The topological polar surface area (TPSA) is 73.2 Å². The van der Waals surface area contributed by atoms with Crippen molar-refractivity contribution in [1.82, 2.24) is 9.55 Å². The van der Waals surface area contributed by atoms with Gasteiger partial charge < -0.3 is 14.6 Å². The van der Waals surface area contributed by atoms with Gasteiger partial charge in [0, 0.05) is 12.3 Å². The van der Waals surface area contributed by atoms with Crippen molar-refractivity contribution in [3.05, 3.63) is 118 Å². The van der Waals surface area contributed by atoms with Crippen molar-refractivity contribution in [2.45, 2.75) is 20.4 Å². The Morgan fingerprint density at radius 3 is 2.50 bits per heavy atom. The second-order valence-electron chi connectivity index (χ2n) is 7.53. The van der Waals surface area contributed by atoms with Crippen LogP contribution in [-0.2, 0) is 6.54 Å². The van der Waals surface area contributed by atoms with Crippen molar-refractivity contribution >= 4 is 11.6 Å². The molecule has 4 aromatic rings.